The van der Waals surface area contributed by atoms with Crippen molar-refractivity contribution in [2.75, 3.05) is 19.4 Å². The van der Waals surface area contributed by atoms with Crippen molar-refractivity contribution in [3.8, 4) is 5.75 Å². The summed E-state index contributed by atoms with van der Waals surface area (Å²) in [4.78, 5) is 15.1. The quantitative estimate of drug-likeness (QED) is 0.519. The molecule has 0 saturated carbocycles. The van der Waals surface area contributed by atoms with Gasteiger partial charge >= 0.3 is 10.1 Å². The van der Waals surface area contributed by atoms with E-state index in [-0.39, 0.29) is 23.7 Å². The van der Waals surface area contributed by atoms with Crippen LogP contribution >= 0.6 is 0 Å². The lowest BCUT2D eigenvalue weighted by molar-refractivity contribution is -0.138. The van der Waals surface area contributed by atoms with Crippen LogP contribution in [0.25, 0.3) is 0 Å². The molecule has 0 radical (unpaired) electrons. The van der Waals surface area contributed by atoms with E-state index >= 15 is 0 Å². The van der Waals surface area contributed by atoms with Crippen molar-refractivity contribution in [2.45, 2.75) is 65.0 Å². The minimum Gasteiger partial charge on any atom is -0.383 e. The maximum Gasteiger partial charge on any atom is 0.306 e. The van der Waals surface area contributed by atoms with Gasteiger partial charge in [0.1, 0.15) is 5.75 Å². The number of nitrogens with zero attached hydrogens (tertiary/aromatic N) is 1. The zero-order chi connectivity index (χ0) is 20.6. The van der Waals surface area contributed by atoms with Gasteiger partial charge in [0.25, 0.3) is 0 Å². The summed E-state index contributed by atoms with van der Waals surface area (Å²) < 4.78 is 33.2. The van der Waals surface area contributed by atoms with Crippen LogP contribution < -0.4 is 4.18 Å². The number of rotatable bonds is 11. The molecule has 1 aliphatic heterocycles. The Labute approximate surface area is 169 Å². The van der Waals surface area contributed by atoms with E-state index in [1.165, 1.54) is 0 Å². The highest BCUT2D eigenvalue weighted by atomic mass is 32.2. The van der Waals surface area contributed by atoms with Gasteiger partial charge in [-0.05, 0) is 43.4 Å². The molecule has 1 aliphatic rings. The third-order valence-corrected chi connectivity index (χ3v) is 5.55. The van der Waals surface area contributed by atoms with Crippen molar-refractivity contribution in [1.29, 1.82) is 0 Å². The smallest absolute Gasteiger partial charge is 0.306 e. The van der Waals surface area contributed by atoms with E-state index in [2.05, 4.69) is 13.8 Å². The minimum atomic E-state index is -3.55. The summed E-state index contributed by atoms with van der Waals surface area (Å²) in [7, 11) is -3.55. The first kappa shape index (κ1) is 22.7. The fourth-order valence-electron chi connectivity index (χ4n) is 3.52. The van der Waals surface area contributed by atoms with E-state index in [1.807, 2.05) is 17.0 Å². The molecule has 1 amide bonds. The molecule has 1 aromatic rings. The predicted molar refractivity (Wildman–Crippen MR) is 110 cm³/mol. The summed E-state index contributed by atoms with van der Waals surface area (Å²) >= 11 is 0. The van der Waals surface area contributed by atoms with Crippen LogP contribution in [0.1, 0.15) is 57.9 Å². The summed E-state index contributed by atoms with van der Waals surface area (Å²) in [5, 5.41) is 0. The maximum absolute atomic E-state index is 13.2. The van der Waals surface area contributed by atoms with Crippen LogP contribution in [0.5, 0.6) is 5.75 Å². The van der Waals surface area contributed by atoms with Gasteiger partial charge in [0.15, 0.2) is 0 Å². The van der Waals surface area contributed by atoms with Crippen molar-refractivity contribution < 1.29 is 22.1 Å². The molecule has 0 aliphatic carbocycles. The second-order valence-electron chi connectivity index (χ2n) is 7.53. The topological polar surface area (TPSA) is 72.9 Å². The van der Waals surface area contributed by atoms with Gasteiger partial charge in [0.2, 0.25) is 5.91 Å². The molecule has 2 rings (SSSR count). The number of hydrogen-bond acceptors (Lipinski definition) is 5. The first-order valence-electron chi connectivity index (χ1n) is 10.2. The number of benzene rings is 1. The van der Waals surface area contributed by atoms with Crippen LogP contribution in [0.2, 0.25) is 0 Å². The largest absolute Gasteiger partial charge is 0.383 e. The van der Waals surface area contributed by atoms with Gasteiger partial charge in [0, 0.05) is 25.6 Å². The Morgan fingerprint density at radius 2 is 2.00 bits per heavy atom. The molecule has 0 N–H and O–H groups in total. The van der Waals surface area contributed by atoms with Crippen molar-refractivity contribution in [3.05, 3.63) is 29.8 Å². The summed E-state index contributed by atoms with van der Waals surface area (Å²) in [6, 6.07) is 6.87. The molecule has 158 valence electrons. The fraction of sp³-hybridized carbons (Fsp3) is 0.667. The monoisotopic (exact) mass is 411 g/mol. The Morgan fingerprint density at radius 1 is 1.29 bits per heavy atom. The average Bonchev–Trinajstić information content (AvgIpc) is 3.15. The molecule has 28 heavy (non-hydrogen) atoms. The second-order valence-corrected chi connectivity index (χ2v) is 9.11. The molecule has 1 heterocycles. The maximum atomic E-state index is 13.2. The van der Waals surface area contributed by atoms with Gasteiger partial charge in [-0.25, -0.2) is 0 Å². The first-order chi connectivity index (χ1) is 13.3. The van der Waals surface area contributed by atoms with Crippen LogP contribution in [-0.4, -0.2) is 44.7 Å². The number of unbranched alkanes of at least 4 members (excludes halogenated alkanes) is 1. The Balaban J connectivity index is 2.10. The third-order valence-electron chi connectivity index (χ3n) is 5.05. The molecular formula is C21H33NO5S. The lowest BCUT2D eigenvalue weighted by atomic mass is 9.97. The Kier molecular flexibility index (Phi) is 8.76. The van der Waals surface area contributed by atoms with Gasteiger partial charge in [-0.3, -0.25) is 4.79 Å². The lowest BCUT2D eigenvalue weighted by Crippen LogP contribution is -2.40. The Bertz CT molecular complexity index is 711. The van der Waals surface area contributed by atoms with Crippen LogP contribution in [0.15, 0.2) is 24.3 Å². The van der Waals surface area contributed by atoms with E-state index in [1.54, 1.807) is 12.1 Å². The number of amides is 1. The summed E-state index contributed by atoms with van der Waals surface area (Å²) in [6.07, 6.45) is 7.02. The van der Waals surface area contributed by atoms with Crippen molar-refractivity contribution in [3.63, 3.8) is 0 Å². The number of carbonyl (C=O) groups is 1. The molecule has 0 aromatic heterocycles. The van der Waals surface area contributed by atoms with Crippen molar-refractivity contribution in [1.82, 2.24) is 4.90 Å². The molecule has 1 aromatic carbocycles. The zero-order valence-electron chi connectivity index (χ0n) is 17.2. The normalized spacial score (nSPS) is 18.0. The number of ether oxygens (including phenoxy) is 1. The van der Waals surface area contributed by atoms with Crippen LogP contribution in [0, 0.1) is 5.92 Å². The first-order valence-corrected chi connectivity index (χ1v) is 12.0. The molecule has 2 atom stereocenters. The molecule has 1 saturated heterocycles. The predicted octanol–water partition coefficient (Wildman–Crippen LogP) is 3.75. The highest BCUT2D eigenvalue weighted by molar-refractivity contribution is 7.86. The highest BCUT2D eigenvalue weighted by Gasteiger charge is 2.27. The minimum absolute atomic E-state index is 0.0363. The van der Waals surface area contributed by atoms with Gasteiger partial charge in [-0.2, -0.15) is 8.42 Å². The van der Waals surface area contributed by atoms with Gasteiger partial charge in [-0.15, -0.1) is 0 Å². The molecular weight excluding hydrogens is 378 g/mol. The standard InChI is InChI=1S/C21H33NO5S/c1-4-6-8-18(5-2)21(23)22(16-20-9-7-14-26-20)15-17-10-12-19(13-11-17)27-28(3,24)25/h10-13,18,20H,4-9,14-16H2,1-3H3. The summed E-state index contributed by atoms with van der Waals surface area (Å²) in [5.74, 6) is 0.495. The van der Waals surface area contributed by atoms with Gasteiger partial charge < -0.3 is 13.8 Å². The third kappa shape index (κ3) is 7.43. The SMILES string of the molecule is CCCCC(CC)C(=O)N(Cc1ccc(OS(C)(=O)=O)cc1)CC1CCCO1. The van der Waals surface area contributed by atoms with E-state index < -0.39 is 10.1 Å². The van der Waals surface area contributed by atoms with Crippen molar-refractivity contribution >= 4 is 16.0 Å². The highest BCUT2D eigenvalue weighted by Crippen LogP contribution is 2.22. The number of carbonyl (C=O) groups excluding carboxylic acids is 1. The average molecular weight is 412 g/mol. The summed E-state index contributed by atoms with van der Waals surface area (Å²) in [6.45, 7) is 6.06. The molecule has 0 spiro atoms. The van der Waals surface area contributed by atoms with Crippen LogP contribution in [0.4, 0.5) is 0 Å². The second kappa shape index (κ2) is 10.8. The van der Waals surface area contributed by atoms with Gasteiger partial charge in [0.05, 0.1) is 12.4 Å². The van der Waals surface area contributed by atoms with Gasteiger partial charge in [-0.1, -0.05) is 38.8 Å². The Hall–Kier alpha value is -1.60. The zero-order valence-corrected chi connectivity index (χ0v) is 18.0. The van der Waals surface area contributed by atoms with Crippen LogP contribution in [0.3, 0.4) is 0 Å². The van der Waals surface area contributed by atoms with E-state index in [4.69, 9.17) is 8.92 Å². The van der Waals surface area contributed by atoms with Crippen molar-refractivity contribution in [2.24, 2.45) is 5.92 Å². The fourth-order valence-corrected chi connectivity index (χ4v) is 3.98. The van der Waals surface area contributed by atoms with E-state index in [0.29, 0.717) is 13.1 Å². The van der Waals surface area contributed by atoms with Crippen LogP contribution in [-0.2, 0) is 26.2 Å². The molecule has 0 bridgehead atoms. The Morgan fingerprint density at radius 3 is 2.54 bits per heavy atom. The molecule has 1 fully saturated rings. The van der Waals surface area contributed by atoms with E-state index in [9.17, 15) is 13.2 Å². The molecule has 7 heteroatoms. The molecule has 2 unspecified atom stereocenters. The lowest BCUT2D eigenvalue weighted by Gasteiger charge is -2.29. The number of hydrogen-bond donors (Lipinski definition) is 0. The summed E-state index contributed by atoms with van der Waals surface area (Å²) in [5.41, 5.74) is 0.942. The molecule has 6 nitrogen and oxygen atoms in total. The van der Waals surface area contributed by atoms with E-state index in [0.717, 1.165) is 57.0 Å².